The van der Waals surface area contributed by atoms with E-state index in [-0.39, 0.29) is 17.4 Å². The summed E-state index contributed by atoms with van der Waals surface area (Å²) >= 11 is 0. The molecule has 0 bridgehead atoms. The number of halogens is 1. The van der Waals surface area contributed by atoms with Gasteiger partial charge in [-0.25, -0.2) is 22.3 Å². The highest BCUT2D eigenvalue weighted by Crippen LogP contribution is 2.19. The first-order chi connectivity index (χ1) is 13.3. The molecule has 1 heterocycles. The number of H-pyrrole nitrogens is 1. The molecule has 0 saturated carbocycles. The second kappa shape index (κ2) is 7.95. The fourth-order valence-electron chi connectivity index (χ4n) is 2.73. The third-order valence-corrected chi connectivity index (χ3v) is 5.70. The van der Waals surface area contributed by atoms with Crippen LogP contribution in [0.15, 0.2) is 56.9 Å². The lowest BCUT2D eigenvalue weighted by atomic mass is 10.2. The van der Waals surface area contributed by atoms with Gasteiger partial charge in [0.2, 0.25) is 10.0 Å². The Balaban J connectivity index is 1.74. The number of nitrogens with one attached hydrogen (secondary N) is 3. The Labute approximate surface area is 160 Å². The van der Waals surface area contributed by atoms with Crippen molar-refractivity contribution in [1.82, 2.24) is 14.3 Å². The molecule has 2 aromatic carbocycles. The Bertz CT molecular complexity index is 1220. The van der Waals surface area contributed by atoms with Crippen LogP contribution in [0, 0.1) is 5.82 Å². The van der Waals surface area contributed by atoms with Gasteiger partial charge in [0.15, 0.2) is 0 Å². The molecule has 0 spiro atoms. The molecule has 0 saturated heterocycles. The molecule has 0 aliphatic carbocycles. The molecule has 0 aliphatic heterocycles. The van der Waals surface area contributed by atoms with Gasteiger partial charge < -0.3 is 5.32 Å². The number of para-hydroxylation sites is 1. The first-order valence-corrected chi connectivity index (χ1v) is 9.99. The second-order valence-electron chi connectivity index (χ2n) is 6.16. The van der Waals surface area contributed by atoms with Crippen molar-refractivity contribution in [3.63, 3.8) is 0 Å². The van der Waals surface area contributed by atoms with Crippen molar-refractivity contribution in [3.05, 3.63) is 69.1 Å². The number of aromatic nitrogens is 2. The fourth-order valence-corrected chi connectivity index (χ4v) is 3.88. The van der Waals surface area contributed by atoms with E-state index < -0.39 is 32.0 Å². The molecule has 0 radical (unpaired) electrons. The Morgan fingerprint density at radius 2 is 1.82 bits per heavy atom. The van der Waals surface area contributed by atoms with E-state index in [9.17, 15) is 22.4 Å². The molecule has 0 atom stereocenters. The fraction of sp³-hybridized carbons (Fsp3) is 0.222. The van der Waals surface area contributed by atoms with Crippen molar-refractivity contribution in [2.24, 2.45) is 7.05 Å². The van der Waals surface area contributed by atoms with Crippen LogP contribution in [-0.2, 0) is 17.1 Å². The topological polar surface area (TPSA) is 113 Å². The van der Waals surface area contributed by atoms with E-state index in [2.05, 4.69) is 15.0 Å². The Kier molecular flexibility index (Phi) is 5.61. The standard InChI is InChI=1S/C18H19FN4O4S/c1-23-15-11-14(19)16(10-13(15)17(24)22-18(23)25)28(26,27)21-9-5-8-20-12-6-3-2-4-7-12/h2-4,6-7,10-11,20-21H,5,8-9H2,1H3,(H,22,24,25). The van der Waals surface area contributed by atoms with Gasteiger partial charge in [-0.05, 0) is 30.7 Å². The van der Waals surface area contributed by atoms with E-state index in [4.69, 9.17) is 0 Å². The van der Waals surface area contributed by atoms with Crippen LogP contribution in [0.2, 0.25) is 0 Å². The largest absolute Gasteiger partial charge is 0.385 e. The number of sulfonamides is 1. The number of benzene rings is 2. The van der Waals surface area contributed by atoms with Gasteiger partial charge in [-0.2, -0.15) is 0 Å². The van der Waals surface area contributed by atoms with Crippen molar-refractivity contribution in [1.29, 1.82) is 0 Å². The molecular formula is C18H19FN4O4S. The van der Waals surface area contributed by atoms with Crippen LogP contribution >= 0.6 is 0 Å². The maximum Gasteiger partial charge on any atom is 0.328 e. The molecule has 1 aromatic heterocycles. The zero-order valence-electron chi connectivity index (χ0n) is 15.0. The third-order valence-electron chi connectivity index (χ3n) is 4.22. The smallest absolute Gasteiger partial charge is 0.328 e. The van der Waals surface area contributed by atoms with Gasteiger partial charge >= 0.3 is 5.69 Å². The van der Waals surface area contributed by atoms with Gasteiger partial charge in [0, 0.05) is 25.8 Å². The predicted molar refractivity (Wildman–Crippen MR) is 105 cm³/mol. The summed E-state index contributed by atoms with van der Waals surface area (Å²) in [5.74, 6) is -1.04. The number of nitrogens with zero attached hydrogens (tertiary/aromatic N) is 1. The van der Waals surface area contributed by atoms with Crippen molar-refractivity contribution in [3.8, 4) is 0 Å². The first-order valence-electron chi connectivity index (χ1n) is 8.51. The number of aryl methyl sites for hydroxylation is 1. The summed E-state index contributed by atoms with van der Waals surface area (Å²) in [6.45, 7) is 0.609. The molecule has 0 fully saturated rings. The minimum atomic E-state index is -4.16. The zero-order chi connectivity index (χ0) is 20.3. The van der Waals surface area contributed by atoms with Crippen LogP contribution < -0.4 is 21.3 Å². The zero-order valence-corrected chi connectivity index (χ0v) is 15.8. The highest BCUT2D eigenvalue weighted by Gasteiger charge is 2.21. The SMILES string of the molecule is Cn1c(=O)[nH]c(=O)c2cc(S(=O)(=O)NCCCNc3ccccc3)c(F)cc21. The van der Waals surface area contributed by atoms with E-state index >= 15 is 0 Å². The molecule has 148 valence electrons. The monoisotopic (exact) mass is 406 g/mol. The van der Waals surface area contributed by atoms with Gasteiger partial charge in [0.25, 0.3) is 5.56 Å². The van der Waals surface area contributed by atoms with Crippen LogP contribution in [0.25, 0.3) is 10.9 Å². The van der Waals surface area contributed by atoms with E-state index in [0.717, 1.165) is 22.4 Å². The highest BCUT2D eigenvalue weighted by atomic mass is 32.2. The summed E-state index contributed by atoms with van der Waals surface area (Å²) in [4.78, 5) is 25.0. The minimum absolute atomic E-state index is 0.0114. The maximum atomic E-state index is 14.4. The van der Waals surface area contributed by atoms with Gasteiger partial charge in [0.05, 0.1) is 10.9 Å². The molecule has 0 amide bonds. The molecule has 0 unspecified atom stereocenters. The van der Waals surface area contributed by atoms with Crippen molar-refractivity contribution in [2.75, 3.05) is 18.4 Å². The van der Waals surface area contributed by atoms with Gasteiger partial charge in [-0.15, -0.1) is 0 Å². The Hall–Kier alpha value is -2.98. The summed E-state index contributed by atoms with van der Waals surface area (Å²) in [5.41, 5.74) is -0.564. The maximum absolute atomic E-state index is 14.4. The summed E-state index contributed by atoms with van der Waals surface area (Å²) in [6, 6.07) is 11.2. The van der Waals surface area contributed by atoms with E-state index in [1.54, 1.807) is 0 Å². The van der Waals surface area contributed by atoms with Crippen molar-refractivity contribution < 1.29 is 12.8 Å². The van der Waals surface area contributed by atoms with Gasteiger partial charge in [-0.3, -0.25) is 14.3 Å². The van der Waals surface area contributed by atoms with E-state index in [1.807, 2.05) is 30.3 Å². The van der Waals surface area contributed by atoms with Crippen molar-refractivity contribution in [2.45, 2.75) is 11.3 Å². The predicted octanol–water partition coefficient (Wildman–Crippen LogP) is 1.15. The van der Waals surface area contributed by atoms with E-state index in [0.29, 0.717) is 13.0 Å². The van der Waals surface area contributed by atoms with Crippen LogP contribution in [0.3, 0.4) is 0 Å². The number of hydrogen-bond acceptors (Lipinski definition) is 5. The number of anilines is 1. The molecule has 10 heteroatoms. The third kappa shape index (κ3) is 4.12. The molecular weight excluding hydrogens is 387 g/mol. The second-order valence-corrected chi connectivity index (χ2v) is 7.90. The molecule has 3 N–H and O–H groups in total. The summed E-state index contributed by atoms with van der Waals surface area (Å²) in [6.07, 6.45) is 0.471. The first kappa shape index (κ1) is 19.8. The average Bonchev–Trinajstić information content (AvgIpc) is 2.66. The van der Waals surface area contributed by atoms with Crippen LogP contribution in [0.5, 0.6) is 0 Å². The minimum Gasteiger partial charge on any atom is -0.385 e. The van der Waals surface area contributed by atoms with E-state index in [1.165, 1.54) is 7.05 Å². The number of rotatable bonds is 7. The molecule has 3 rings (SSSR count). The highest BCUT2D eigenvalue weighted by molar-refractivity contribution is 7.89. The molecule has 8 nitrogen and oxygen atoms in total. The lowest BCUT2D eigenvalue weighted by Crippen LogP contribution is -2.30. The number of fused-ring (bicyclic) bond motifs is 1. The lowest BCUT2D eigenvalue weighted by Gasteiger charge is -2.11. The van der Waals surface area contributed by atoms with Crippen LogP contribution in [0.4, 0.5) is 10.1 Å². The summed E-state index contributed by atoms with van der Waals surface area (Å²) in [7, 11) is -2.81. The number of hydrogen-bond donors (Lipinski definition) is 3. The summed E-state index contributed by atoms with van der Waals surface area (Å²) in [5, 5.41) is 3.05. The molecule has 3 aromatic rings. The lowest BCUT2D eigenvalue weighted by molar-refractivity contribution is 0.556. The molecule has 28 heavy (non-hydrogen) atoms. The van der Waals surface area contributed by atoms with Crippen molar-refractivity contribution >= 4 is 26.6 Å². The van der Waals surface area contributed by atoms with Gasteiger partial charge in [-0.1, -0.05) is 18.2 Å². The van der Waals surface area contributed by atoms with Crippen LogP contribution in [0.1, 0.15) is 6.42 Å². The van der Waals surface area contributed by atoms with Gasteiger partial charge in [0.1, 0.15) is 10.7 Å². The average molecular weight is 406 g/mol. The quantitative estimate of drug-likeness (QED) is 0.510. The Morgan fingerprint density at radius 1 is 1.11 bits per heavy atom. The summed E-state index contributed by atoms with van der Waals surface area (Å²) < 4.78 is 42.6. The number of aromatic amines is 1. The molecule has 0 aliphatic rings. The normalized spacial score (nSPS) is 11.6. The van der Waals surface area contributed by atoms with Crippen LogP contribution in [-0.4, -0.2) is 31.1 Å². The Morgan fingerprint density at radius 3 is 2.54 bits per heavy atom.